The summed E-state index contributed by atoms with van der Waals surface area (Å²) in [6.07, 6.45) is 1.57. The molecule has 120 valence electrons. The number of likely N-dealkylation sites (tertiary alicyclic amines) is 1. The van der Waals surface area contributed by atoms with Gasteiger partial charge in [-0.25, -0.2) is 0 Å². The van der Waals surface area contributed by atoms with E-state index < -0.39 is 11.4 Å². The molecule has 0 spiro atoms. The second-order valence-electron chi connectivity index (χ2n) is 6.12. The van der Waals surface area contributed by atoms with Crippen molar-refractivity contribution < 1.29 is 14.7 Å². The second kappa shape index (κ2) is 5.53. The molecule has 23 heavy (non-hydrogen) atoms. The molecule has 6 nitrogen and oxygen atoms in total. The molecule has 1 amide bonds. The first-order valence-corrected chi connectivity index (χ1v) is 7.60. The fourth-order valence-electron chi connectivity index (χ4n) is 2.93. The zero-order valence-electron chi connectivity index (χ0n) is 13.2. The molecule has 1 aliphatic rings. The topological polar surface area (TPSA) is 75.4 Å². The van der Waals surface area contributed by atoms with Crippen molar-refractivity contribution in [3.8, 4) is 11.3 Å². The fourth-order valence-corrected chi connectivity index (χ4v) is 2.93. The van der Waals surface area contributed by atoms with E-state index in [1.807, 2.05) is 37.3 Å². The van der Waals surface area contributed by atoms with E-state index in [1.54, 1.807) is 22.7 Å². The second-order valence-corrected chi connectivity index (χ2v) is 6.12. The Labute approximate surface area is 134 Å². The first-order valence-electron chi connectivity index (χ1n) is 7.60. The Bertz CT molecular complexity index is 746. The monoisotopic (exact) mass is 313 g/mol. The molecule has 6 heteroatoms. The van der Waals surface area contributed by atoms with Gasteiger partial charge in [0.05, 0.1) is 17.5 Å². The summed E-state index contributed by atoms with van der Waals surface area (Å²) in [5, 5.41) is 13.5. The Morgan fingerprint density at radius 3 is 2.48 bits per heavy atom. The van der Waals surface area contributed by atoms with Crippen LogP contribution < -0.4 is 0 Å². The maximum atomic E-state index is 12.7. The van der Waals surface area contributed by atoms with Gasteiger partial charge >= 0.3 is 5.97 Å². The summed E-state index contributed by atoms with van der Waals surface area (Å²) >= 11 is 0. The van der Waals surface area contributed by atoms with E-state index in [-0.39, 0.29) is 19.0 Å². The summed E-state index contributed by atoms with van der Waals surface area (Å²) in [7, 11) is 0. The van der Waals surface area contributed by atoms with Crippen LogP contribution in [0.3, 0.4) is 0 Å². The molecular formula is C17H19N3O3. The van der Waals surface area contributed by atoms with Crippen LogP contribution in [0.2, 0.25) is 0 Å². The van der Waals surface area contributed by atoms with Crippen molar-refractivity contribution in [1.29, 1.82) is 0 Å². The lowest BCUT2D eigenvalue weighted by molar-refractivity contribution is -0.155. The molecule has 0 radical (unpaired) electrons. The number of benzene rings is 1. The lowest BCUT2D eigenvalue weighted by atomic mass is 9.81. The van der Waals surface area contributed by atoms with Gasteiger partial charge in [-0.2, -0.15) is 5.10 Å². The number of rotatable bonds is 4. The minimum atomic E-state index is -0.867. The number of amides is 1. The van der Waals surface area contributed by atoms with Crippen molar-refractivity contribution in [2.45, 2.75) is 20.4 Å². The van der Waals surface area contributed by atoms with Crippen LogP contribution in [0.25, 0.3) is 11.3 Å². The van der Waals surface area contributed by atoms with Crippen LogP contribution in [0, 0.1) is 5.41 Å². The Balaban J connectivity index is 1.91. The van der Waals surface area contributed by atoms with Gasteiger partial charge in [-0.05, 0) is 13.8 Å². The van der Waals surface area contributed by atoms with E-state index in [0.717, 1.165) is 11.3 Å². The number of carbonyl (C=O) groups is 2. The van der Waals surface area contributed by atoms with Crippen LogP contribution >= 0.6 is 0 Å². The Kier molecular flexibility index (Phi) is 3.67. The van der Waals surface area contributed by atoms with Gasteiger partial charge in [0, 0.05) is 25.2 Å². The molecule has 0 unspecified atom stereocenters. The van der Waals surface area contributed by atoms with Gasteiger partial charge in [-0.3, -0.25) is 14.3 Å². The highest BCUT2D eigenvalue weighted by Gasteiger charge is 2.48. The van der Waals surface area contributed by atoms with E-state index in [2.05, 4.69) is 5.10 Å². The molecule has 3 rings (SSSR count). The summed E-state index contributed by atoms with van der Waals surface area (Å²) in [5.41, 5.74) is 1.38. The van der Waals surface area contributed by atoms with Gasteiger partial charge in [-0.1, -0.05) is 30.3 Å². The first kappa shape index (κ1) is 15.3. The van der Waals surface area contributed by atoms with Crippen LogP contribution in [0.4, 0.5) is 0 Å². The van der Waals surface area contributed by atoms with E-state index in [4.69, 9.17) is 0 Å². The van der Waals surface area contributed by atoms with Gasteiger partial charge < -0.3 is 10.0 Å². The average molecular weight is 313 g/mol. The molecule has 1 aliphatic heterocycles. The molecule has 2 heterocycles. The molecule has 1 fully saturated rings. The largest absolute Gasteiger partial charge is 0.481 e. The smallest absolute Gasteiger partial charge is 0.312 e. The number of carboxylic acids is 1. The zero-order valence-corrected chi connectivity index (χ0v) is 13.2. The van der Waals surface area contributed by atoms with E-state index >= 15 is 0 Å². The maximum Gasteiger partial charge on any atom is 0.312 e. The van der Waals surface area contributed by atoms with Crippen LogP contribution in [-0.4, -0.2) is 44.8 Å². The number of carboxylic acid groups (broad SMARTS) is 1. The summed E-state index contributed by atoms with van der Waals surface area (Å²) < 4.78 is 1.79. The molecule has 1 aromatic heterocycles. The number of hydrogen-bond acceptors (Lipinski definition) is 3. The minimum Gasteiger partial charge on any atom is -0.481 e. The third-order valence-electron chi connectivity index (χ3n) is 4.30. The highest BCUT2D eigenvalue weighted by Crippen LogP contribution is 2.33. The number of hydrogen-bond donors (Lipinski definition) is 1. The standard InChI is InChI=1S/C17H19N3O3/c1-3-20-14(12-7-5-4-6-8-12)13(9-18-20)15(21)19-10-17(2,11-19)16(22)23/h4-9H,3,10-11H2,1-2H3,(H,22,23). The van der Waals surface area contributed by atoms with Crippen LogP contribution in [0.1, 0.15) is 24.2 Å². The predicted octanol–water partition coefficient (Wildman–Crippen LogP) is 2.12. The molecule has 1 aromatic carbocycles. The van der Waals surface area contributed by atoms with Crippen molar-refractivity contribution in [3.05, 3.63) is 42.1 Å². The molecule has 2 aromatic rings. The molecule has 0 atom stereocenters. The lowest BCUT2D eigenvalue weighted by Crippen LogP contribution is -2.60. The van der Waals surface area contributed by atoms with Gasteiger partial charge in [0.15, 0.2) is 0 Å². The van der Waals surface area contributed by atoms with Crippen LogP contribution in [-0.2, 0) is 11.3 Å². The Morgan fingerprint density at radius 2 is 1.91 bits per heavy atom. The van der Waals surface area contributed by atoms with Crippen molar-refractivity contribution in [2.24, 2.45) is 5.41 Å². The van der Waals surface area contributed by atoms with Crippen molar-refractivity contribution in [2.75, 3.05) is 13.1 Å². The number of aromatic nitrogens is 2. The molecular weight excluding hydrogens is 294 g/mol. The number of aliphatic carboxylic acids is 1. The van der Waals surface area contributed by atoms with Gasteiger partial charge in [0.25, 0.3) is 5.91 Å². The quantitative estimate of drug-likeness (QED) is 0.938. The lowest BCUT2D eigenvalue weighted by Gasteiger charge is -2.44. The number of carbonyl (C=O) groups excluding carboxylic acids is 1. The fraction of sp³-hybridized carbons (Fsp3) is 0.353. The maximum absolute atomic E-state index is 12.7. The van der Waals surface area contributed by atoms with Gasteiger partial charge in [0.2, 0.25) is 0 Å². The van der Waals surface area contributed by atoms with Gasteiger partial charge in [0.1, 0.15) is 5.41 Å². The molecule has 0 bridgehead atoms. The normalized spacial score (nSPS) is 16.0. The van der Waals surface area contributed by atoms with Crippen LogP contribution in [0.15, 0.2) is 36.5 Å². The summed E-state index contributed by atoms with van der Waals surface area (Å²) in [5.74, 6) is -1.03. The first-order chi connectivity index (χ1) is 11.0. The number of aryl methyl sites for hydroxylation is 1. The van der Waals surface area contributed by atoms with E-state index in [9.17, 15) is 14.7 Å². The SMILES string of the molecule is CCn1ncc(C(=O)N2CC(C)(C(=O)O)C2)c1-c1ccccc1. The molecule has 1 saturated heterocycles. The molecule has 0 saturated carbocycles. The Hall–Kier alpha value is -2.63. The Morgan fingerprint density at radius 1 is 1.26 bits per heavy atom. The minimum absolute atomic E-state index is 0.165. The van der Waals surface area contributed by atoms with Crippen molar-refractivity contribution in [3.63, 3.8) is 0 Å². The summed E-state index contributed by atoms with van der Waals surface area (Å²) in [4.78, 5) is 25.5. The molecule has 1 N–H and O–H groups in total. The summed E-state index contributed by atoms with van der Waals surface area (Å²) in [6, 6.07) is 9.64. The molecule has 0 aliphatic carbocycles. The summed E-state index contributed by atoms with van der Waals surface area (Å²) in [6.45, 7) is 4.75. The average Bonchev–Trinajstić information content (AvgIpc) is 2.95. The zero-order chi connectivity index (χ0) is 16.6. The number of nitrogens with zero attached hydrogens (tertiary/aromatic N) is 3. The van der Waals surface area contributed by atoms with Crippen molar-refractivity contribution in [1.82, 2.24) is 14.7 Å². The third kappa shape index (κ3) is 2.50. The highest BCUT2D eigenvalue weighted by molar-refractivity contribution is 6.01. The van der Waals surface area contributed by atoms with E-state index in [0.29, 0.717) is 12.1 Å². The third-order valence-corrected chi connectivity index (χ3v) is 4.30. The predicted molar refractivity (Wildman–Crippen MR) is 85.0 cm³/mol. The highest BCUT2D eigenvalue weighted by atomic mass is 16.4. The van der Waals surface area contributed by atoms with E-state index in [1.165, 1.54) is 0 Å². The van der Waals surface area contributed by atoms with Gasteiger partial charge in [-0.15, -0.1) is 0 Å². The van der Waals surface area contributed by atoms with Crippen molar-refractivity contribution >= 4 is 11.9 Å². The van der Waals surface area contributed by atoms with Crippen LogP contribution in [0.5, 0.6) is 0 Å².